The minimum absolute atomic E-state index is 0.0718. The molecular weight excluding hydrogens is 280 g/mol. The van der Waals surface area contributed by atoms with Crippen LogP contribution in [0.3, 0.4) is 0 Å². The van der Waals surface area contributed by atoms with E-state index < -0.39 is 0 Å². The third kappa shape index (κ3) is 1.28. The number of benzene rings is 4. The van der Waals surface area contributed by atoms with Crippen LogP contribution in [0.4, 0.5) is 0 Å². The molecule has 6 N–H and O–H groups in total. The van der Waals surface area contributed by atoms with Gasteiger partial charge < -0.3 is 10.2 Å². The Bertz CT molecular complexity index is 1070. The highest BCUT2D eigenvalue weighted by Gasteiger charge is 2.21. The van der Waals surface area contributed by atoms with Gasteiger partial charge in [0, 0.05) is 32.7 Å². The molecule has 0 aromatic heterocycles. The van der Waals surface area contributed by atoms with Crippen molar-refractivity contribution in [3.8, 4) is 22.6 Å². The minimum atomic E-state index is -0.102. The Balaban J connectivity index is 2.61. The Kier molecular flexibility index (Phi) is 2.08. The highest BCUT2D eigenvalue weighted by Crippen LogP contribution is 2.37. The fraction of sp³-hybridized carbons (Fsp3) is 0. The summed E-state index contributed by atoms with van der Waals surface area (Å²) in [5.41, 5.74) is 1.15. The third-order valence-corrected chi connectivity index (χ3v) is 4.07. The van der Waals surface area contributed by atoms with Gasteiger partial charge in [-0.15, -0.1) is 0 Å². The third-order valence-electron chi connectivity index (χ3n) is 4.07. The van der Waals surface area contributed by atoms with Gasteiger partial charge in [-0.3, -0.25) is 21.6 Å². The molecule has 4 rings (SSSR count). The maximum atomic E-state index is 9.85. The lowest BCUT2D eigenvalue weighted by atomic mass is 9.86. The molecular formula is C16H10N4O2. The SMILES string of the molecule is N=c1c(=N)c2cc(O)cc3c2-c2c1cc(O)cc2c(=N)c3=N. The van der Waals surface area contributed by atoms with E-state index in [1.165, 1.54) is 24.3 Å². The maximum absolute atomic E-state index is 9.85. The second-order valence-corrected chi connectivity index (χ2v) is 5.33. The summed E-state index contributed by atoms with van der Waals surface area (Å²) in [6, 6.07) is 5.60. The van der Waals surface area contributed by atoms with Crippen molar-refractivity contribution in [3.63, 3.8) is 0 Å². The summed E-state index contributed by atoms with van der Waals surface area (Å²) in [4.78, 5) is 0. The fourth-order valence-corrected chi connectivity index (χ4v) is 3.12. The van der Waals surface area contributed by atoms with E-state index >= 15 is 0 Å². The zero-order chi connectivity index (χ0) is 15.8. The molecule has 0 heterocycles. The summed E-state index contributed by atoms with van der Waals surface area (Å²) in [7, 11) is 0. The number of phenols is 2. The molecule has 2 aromatic rings. The van der Waals surface area contributed by atoms with Gasteiger partial charge in [-0.1, -0.05) is 0 Å². The van der Waals surface area contributed by atoms with Gasteiger partial charge in [-0.25, -0.2) is 0 Å². The van der Waals surface area contributed by atoms with Crippen molar-refractivity contribution in [2.45, 2.75) is 0 Å². The molecule has 0 spiro atoms. The van der Waals surface area contributed by atoms with Crippen molar-refractivity contribution in [1.82, 2.24) is 0 Å². The van der Waals surface area contributed by atoms with Gasteiger partial charge in [-0.2, -0.15) is 0 Å². The highest BCUT2D eigenvalue weighted by molar-refractivity contribution is 6.11. The summed E-state index contributed by atoms with van der Waals surface area (Å²) in [6.07, 6.45) is 0. The first-order valence-corrected chi connectivity index (χ1v) is 6.51. The van der Waals surface area contributed by atoms with Crippen LogP contribution in [-0.4, -0.2) is 10.2 Å². The minimum Gasteiger partial charge on any atom is -0.508 e. The number of nitrogens with one attached hydrogen (secondary N) is 4. The molecule has 0 fully saturated rings. The van der Waals surface area contributed by atoms with E-state index in [0.29, 0.717) is 32.7 Å². The lowest BCUT2D eigenvalue weighted by molar-refractivity contribution is 0.475. The first-order valence-electron chi connectivity index (χ1n) is 6.51. The topological polar surface area (TPSA) is 136 Å². The molecule has 22 heavy (non-hydrogen) atoms. The average molecular weight is 290 g/mol. The van der Waals surface area contributed by atoms with Crippen LogP contribution in [0.2, 0.25) is 0 Å². The van der Waals surface area contributed by atoms with Crippen LogP contribution in [0.15, 0.2) is 24.3 Å². The predicted molar refractivity (Wildman–Crippen MR) is 78.4 cm³/mol. The number of aromatic hydroxyl groups is 2. The number of phenolic OH excluding ortho intramolecular Hbond substituents is 2. The molecule has 6 heteroatoms. The second kappa shape index (κ2) is 3.67. The standard InChI is InChI=1S/C16H10N4O2/c17-13-7-1-5(21)2-8-11(7)12-9(14(13)18)3-6(22)4-10(12)16(20)15(8)19/h1-4,17-22H. The lowest BCUT2D eigenvalue weighted by Crippen LogP contribution is -2.31. The van der Waals surface area contributed by atoms with Gasteiger partial charge in [-0.05, 0) is 24.3 Å². The quantitative estimate of drug-likeness (QED) is 0.266. The Hall–Kier alpha value is -3.28. The summed E-state index contributed by atoms with van der Waals surface area (Å²) in [6.45, 7) is 0. The van der Waals surface area contributed by atoms with Crippen molar-refractivity contribution in [2.75, 3.05) is 0 Å². The first-order chi connectivity index (χ1) is 10.4. The van der Waals surface area contributed by atoms with Crippen LogP contribution in [0, 0.1) is 21.6 Å². The molecule has 0 saturated carbocycles. The van der Waals surface area contributed by atoms with Crippen LogP contribution in [0.25, 0.3) is 32.7 Å². The van der Waals surface area contributed by atoms with Gasteiger partial charge in [0.2, 0.25) is 0 Å². The number of rotatable bonds is 0. The molecule has 0 radical (unpaired) electrons. The van der Waals surface area contributed by atoms with E-state index in [9.17, 15) is 10.2 Å². The van der Waals surface area contributed by atoms with E-state index in [0.717, 1.165) is 0 Å². The van der Waals surface area contributed by atoms with Crippen LogP contribution in [-0.2, 0) is 0 Å². The molecule has 0 saturated heterocycles. The highest BCUT2D eigenvalue weighted by atomic mass is 16.3. The Morgan fingerprint density at radius 3 is 0.955 bits per heavy atom. The van der Waals surface area contributed by atoms with Gasteiger partial charge in [0.1, 0.15) is 11.5 Å². The molecule has 2 aromatic carbocycles. The first kappa shape index (κ1) is 12.5. The molecule has 0 atom stereocenters. The van der Waals surface area contributed by atoms with Gasteiger partial charge >= 0.3 is 0 Å². The van der Waals surface area contributed by atoms with Crippen molar-refractivity contribution in [2.24, 2.45) is 0 Å². The van der Waals surface area contributed by atoms with Crippen LogP contribution >= 0.6 is 0 Å². The molecule has 0 amide bonds. The second-order valence-electron chi connectivity index (χ2n) is 5.33. The normalized spacial score (nSPS) is 11.8. The Morgan fingerprint density at radius 1 is 0.500 bits per heavy atom. The molecule has 2 aliphatic rings. The average Bonchev–Trinajstić information content (AvgIpc) is 2.48. The smallest absolute Gasteiger partial charge is 0.116 e. The Labute approximate surface area is 122 Å². The summed E-state index contributed by atoms with van der Waals surface area (Å²) >= 11 is 0. The van der Waals surface area contributed by atoms with E-state index in [-0.39, 0.29) is 32.9 Å². The zero-order valence-corrected chi connectivity index (χ0v) is 11.2. The van der Waals surface area contributed by atoms with E-state index in [1.54, 1.807) is 0 Å². The predicted octanol–water partition coefficient (Wildman–Crippen LogP) is 0.740. The number of hydrogen-bond donors (Lipinski definition) is 6. The summed E-state index contributed by atoms with van der Waals surface area (Å²) in [5.74, 6) is -0.205. The summed E-state index contributed by atoms with van der Waals surface area (Å²) < 4.78 is 0. The van der Waals surface area contributed by atoms with Gasteiger partial charge in [0.05, 0.1) is 21.4 Å². The number of hydrogen-bond acceptors (Lipinski definition) is 6. The lowest BCUT2D eigenvalue weighted by Gasteiger charge is -2.17. The fourth-order valence-electron chi connectivity index (χ4n) is 3.12. The molecule has 0 bridgehead atoms. The van der Waals surface area contributed by atoms with Gasteiger partial charge in [0.15, 0.2) is 0 Å². The van der Waals surface area contributed by atoms with Crippen LogP contribution < -0.4 is 21.4 Å². The van der Waals surface area contributed by atoms with Crippen molar-refractivity contribution in [1.29, 1.82) is 21.6 Å². The van der Waals surface area contributed by atoms with Crippen LogP contribution in [0.5, 0.6) is 11.5 Å². The van der Waals surface area contributed by atoms with E-state index in [2.05, 4.69) is 0 Å². The van der Waals surface area contributed by atoms with Crippen molar-refractivity contribution >= 4 is 21.5 Å². The van der Waals surface area contributed by atoms with Crippen molar-refractivity contribution in [3.05, 3.63) is 45.7 Å². The molecule has 2 aliphatic carbocycles. The molecule has 6 nitrogen and oxygen atoms in total. The largest absolute Gasteiger partial charge is 0.508 e. The summed E-state index contributed by atoms with van der Waals surface area (Å²) in [5, 5.41) is 53.5. The maximum Gasteiger partial charge on any atom is 0.116 e. The monoisotopic (exact) mass is 290 g/mol. The van der Waals surface area contributed by atoms with E-state index in [1.807, 2.05) is 0 Å². The Morgan fingerprint density at radius 2 is 0.727 bits per heavy atom. The molecule has 0 aliphatic heterocycles. The van der Waals surface area contributed by atoms with Gasteiger partial charge in [0.25, 0.3) is 0 Å². The van der Waals surface area contributed by atoms with E-state index in [4.69, 9.17) is 21.6 Å². The zero-order valence-electron chi connectivity index (χ0n) is 11.2. The van der Waals surface area contributed by atoms with Crippen LogP contribution in [0.1, 0.15) is 0 Å². The molecule has 0 unspecified atom stereocenters. The van der Waals surface area contributed by atoms with Crippen molar-refractivity contribution < 1.29 is 10.2 Å². The molecule has 106 valence electrons.